The minimum atomic E-state index is 0.791. The van der Waals surface area contributed by atoms with E-state index in [0.29, 0.717) is 0 Å². The Morgan fingerprint density at radius 1 is 1.08 bits per heavy atom. The first-order valence-corrected chi connectivity index (χ1v) is 9.32. The van der Waals surface area contributed by atoms with Crippen molar-refractivity contribution >= 4 is 27.7 Å². The fraction of sp³-hybridized carbons (Fsp3) is 0.222. The van der Waals surface area contributed by atoms with E-state index < -0.39 is 0 Å². The first-order valence-electron chi connectivity index (χ1n) is 7.55. The number of halogens is 1. The first-order chi connectivity index (χ1) is 11.7. The van der Waals surface area contributed by atoms with Crippen LogP contribution in [0.1, 0.15) is 17.0 Å². The molecule has 124 valence electrons. The van der Waals surface area contributed by atoms with Gasteiger partial charge < -0.3 is 9.30 Å². The summed E-state index contributed by atoms with van der Waals surface area (Å²) in [7, 11) is 3.69. The number of rotatable bonds is 6. The maximum Gasteiger partial charge on any atom is 0.191 e. The van der Waals surface area contributed by atoms with Crippen molar-refractivity contribution in [2.24, 2.45) is 7.05 Å². The van der Waals surface area contributed by atoms with Gasteiger partial charge in [-0.25, -0.2) is 0 Å². The summed E-state index contributed by atoms with van der Waals surface area (Å²) in [6, 6.07) is 16.4. The lowest BCUT2D eigenvalue weighted by molar-refractivity contribution is 0.412. The van der Waals surface area contributed by atoms with Crippen LogP contribution in [0.5, 0.6) is 5.75 Å². The summed E-state index contributed by atoms with van der Waals surface area (Å²) in [5.41, 5.74) is 2.45. The Morgan fingerprint density at radius 2 is 1.88 bits per heavy atom. The lowest BCUT2D eigenvalue weighted by atomic mass is 10.1. The molecule has 0 spiro atoms. The monoisotopic (exact) mass is 403 g/mol. The van der Waals surface area contributed by atoms with Gasteiger partial charge in [0, 0.05) is 19.2 Å². The summed E-state index contributed by atoms with van der Waals surface area (Å²) in [5.74, 6) is 2.65. The second kappa shape index (κ2) is 7.85. The average molecular weight is 404 g/mol. The summed E-state index contributed by atoms with van der Waals surface area (Å²) >= 11 is 5.20. The molecular formula is C18H18BrN3OS. The molecule has 0 atom stereocenters. The number of benzene rings is 2. The van der Waals surface area contributed by atoms with Crippen LogP contribution in [-0.2, 0) is 19.2 Å². The maximum absolute atomic E-state index is 5.26. The molecule has 0 saturated carbocycles. The molecule has 0 saturated heterocycles. The van der Waals surface area contributed by atoms with Crippen LogP contribution in [0, 0.1) is 0 Å². The zero-order valence-corrected chi connectivity index (χ0v) is 16.0. The van der Waals surface area contributed by atoms with Crippen LogP contribution in [0.25, 0.3) is 0 Å². The van der Waals surface area contributed by atoms with Crippen molar-refractivity contribution in [1.29, 1.82) is 0 Å². The number of nitrogens with zero attached hydrogens (tertiary/aromatic N) is 3. The maximum atomic E-state index is 5.26. The van der Waals surface area contributed by atoms with E-state index >= 15 is 0 Å². The molecule has 0 aliphatic rings. The minimum absolute atomic E-state index is 0.791. The number of hydrogen-bond donors (Lipinski definition) is 0. The summed E-state index contributed by atoms with van der Waals surface area (Å²) in [5, 5.41) is 9.58. The Bertz CT molecular complexity index is 820. The number of thioether (sulfide) groups is 1. The molecule has 24 heavy (non-hydrogen) atoms. The minimum Gasteiger partial charge on any atom is -0.496 e. The Morgan fingerprint density at radius 3 is 2.58 bits per heavy atom. The molecule has 0 N–H and O–H groups in total. The van der Waals surface area contributed by atoms with Gasteiger partial charge in [0.1, 0.15) is 11.6 Å². The molecule has 2 aromatic carbocycles. The van der Waals surface area contributed by atoms with E-state index in [1.807, 2.05) is 31.3 Å². The number of hydrogen-bond acceptors (Lipinski definition) is 4. The predicted molar refractivity (Wildman–Crippen MR) is 101 cm³/mol. The molecule has 0 aliphatic heterocycles. The Hall–Kier alpha value is -1.79. The largest absolute Gasteiger partial charge is 0.496 e. The summed E-state index contributed by atoms with van der Waals surface area (Å²) < 4.78 is 8.29. The molecule has 1 aromatic heterocycles. The first kappa shape index (κ1) is 17.0. The molecule has 0 amide bonds. The molecule has 3 rings (SSSR count). The molecule has 3 aromatic rings. The van der Waals surface area contributed by atoms with Crippen molar-refractivity contribution in [1.82, 2.24) is 14.8 Å². The third kappa shape index (κ3) is 3.99. The second-order valence-corrected chi connectivity index (χ2v) is 7.17. The standard InChI is InChI=1S/C18H18BrN3OS/c1-22-17(11-13-6-4-3-5-7-13)20-21-18(22)24-12-14-8-9-16(23-2)15(19)10-14/h3-10H,11-12H2,1-2H3. The molecule has 0 unspecified atom stereocenters. The third-order valence-electron chi connectivity index (χ3n) is 3.71. The van der Waals surface area contributed by atoms with E-state index in [1.54, 1.807) is 18.9 Å². The number of aromatic nitrogens is 3. The van der Waals surface area contributed by atoms with E-state index in [1.165, 1.54) is 11.1 Å². The summed E-state index contributed by atoms with van der Waals surface area (Å²) in [6.07, 6.45) is 0.791. The van der Waals surface area contributed by atoms with Gasteiger partial charge in [-0.2, -0.15) is 0 Å². The van der Waals surface area contributed by atoms with Gasteiger partial charge in [-0.3, -0.25) is 0 Å². The number of ether oxygens (including phenoxy) is 1. The molecule has 0 bridgehead atoms. The van der Waals surface area contributed by atoms with Gasteiger partial charge in [0.25, 0.3) is 0 Å². The van der Waals surface area contributed by atoms with Crippen LogP contribution in [-0.4, -0.2) is 21.9 Å². The van der Waals surface area contributed by atoms with Crippen molar-refractivity contribution in [2.45, 2.75) is 17.3 Å². The van der Waals surface area contributed by atoms with E-state index in [2.05, 4.69) is 55.0 Å². The Balaban J connectivity index is 1.67. The second-order valence-electron chi connectivity index (χ2n) is 5.38. The van der Waals surface area contributed by atoms with Gasteiger partial charge in [0.05, 0.1) is 11.6 Å². The van der Waals surface area contributed by atoms with Crippen molar-refractivity contribution in [3.8, 4) is 5.75 Å². The van der Waals surface area contributed by atoms with Crippen molar-refractivity contribution < 1.29 is 4.74 Å². The van der Waals surface area contributed by atoms with E-state index in [0.717, 1.165) is 33.4 Å². The highest BCUT2D eigenvalue weighted by Crippen LogP contribution is 2.29. The van der Waals surface area contributed by atoms with Crippen LogP contribution >= 0.6 is 27.7 Å². The Kier molecular flexibility index (Phi) is 5.58. The fourth-order valence-corrected chi connectivity index (χ4v) is 3.81. The lowest BCUT2D eigenvalue weighted by Gasteiger charge is -2.07. The van der Waals surface area contributed by atoms with Crippen LogP contribution in [0.4, 0.5) is 0 Å². The predicted octanol–water partition coefficient (Wildman–Crippen LogP) is 4.47. The Labute approximate surface area is 154 Å². The molecule has 0 fully saturated rings. The normalized spacial score (nSPS) is 10.8. The van der Waals surface area contributed by atoms with Gasteiger partial charge in [-0.15, -0.1) is 10.2 Å². The molecular weight excluding hydrogens is 386 g/mol. The highest BCUT2D eigenvalue weighted by atomic mass is 79.9. The van der Waals surface area contributed by atoms with Gasteiger partial charge in [-0.05, 0) is 39.2 Å². The SMILES string of the molecule is COc1ccc(CSc2nnc(Cc3ccccc3)n2C)cc1Br. The van der Waals surface area contributed by atoms with E-state index in [9.17, 15) is 0 Å². The highest BCUT2D eigenvalue weighted by molar-refractivity contribution is 9.10. The molecule has 1 heterocycles. The zero-order valence-electron chi connectivity index (χ0n) is 13.6. The lowest BCUT2D eigenvalue weighted by Crippen LogP contribution is -2.00. The van der Waals surface area contributed by atoms with Gasteiger partial charge in [0.2, 0.25) is 0 Å². The van der Waals surface area contributed by atoms with Gasteiger partial charge in [-0.1, -0.05) is 48.2 Å². The zero-order chi connectivity index (χ0) is 16.9. The van der Waals surface area contributed by atoms with Crippen molar-refractivity contribution in [3.63, 3.8) is 0 Å². The van der Waals surface area contributed by atoms with E-state index in [-0.39, 0.29) is 0 Å². The quantitative estimate of drug-likeness (QED) is 0.569. The summed E-state index contributed by atoms with van der Waals surface area (Å²) in [6.45, 7) is 0. The highest BCUT2D eigenvalue weighted by Gasteiger charge is 2.10. The third-order valence-corrected chi connectivity index (χ3v) is 5.43. The van der Waals surface area contributed by atoms with Gasteiger partial charge >= 0.3 is 0 Å². The van der Waals surface area contributed by atoms with Crippen LogP contribution in [0.2, 0.25) is 0 Å². The smallest absolute Gasteiger partial charge is 0.191 e. The van der Waals surface area contributed by atoms with Gasteiger partial charge in [0.15, 0.2) is 5.16 Å². The summed E-state index contributed by atoms with van der Waals surface area (Å²) in [4.78, 5) is 0. The molecule has 4 nitrogen and oxygen atoms in total. The fourth-order valence-electron chi connectivity index (χ4n) is 2.35. The number of methoxy groups -OCH3 is 1. The average Bonchev–Trinajstić information content (AvgIpc) is 2.94. The topological polar surface area (TPSA) is 39.9 Å². The molecule has 0 aliphatic carbocycles. The molecule has 0 radical (unpaired) electrons. The van der Waals surface area contributed by atoms with Crippen LogP contribution < -0.4 is 4.74 Å². The van der Waals surface area contributed by atoms with E-state index in [4.69, 9.17) is 4.74 Å². The van der Waals surface area contributed by atoms with Crippen LogP contribution in [0.3, 0.4) is 0 Å². The van der Waals surface area contributed by atoms with Crippen molar-refractivity contribution in [2.75, 3.05) is 7.11 Å². The van der Waals surface area contributed by atoms with Crippen LogP contribution in [0.15, 0.2) is 58.2 Å². The van der Waals surface area contributed by atoms with Crippen molar-refractivity contribution in [3.05, 3.63) is 70.0 Å². The molecule has 6 heteroatoms.